The number of ether oxygens (including phenoxy) is 2. The monoisotopic (exact) mass is 291 g/mol. The third kappa shape index (κ3) is 4.72. The van der Waals surface area contributed by atoms with Crippen LogP contribution in [0, 0.1) is 5.92 Å². The van der Waals surface area contributed by atoms with Crippen LogP contribution in [0.25, 0.3) is 0 Å². The van der Waals surface area contributed by atoms with Crippen molar-refractivity contribution in [2.24, 2.45) is 5.92 Å². The Balaban J connectivity index is 1.96. The minimum absolute atomic E-state index is 0.185. The Labute approximate surface area is 129 Å². The quantitative estimate of drug-likeness (QED) is 0.825. The first-order valence-corrected chi connectivity index (χ1v) is 8.25. The highest BCUT2D eigenvalue weighted by molar-refractivity contribution is 5.36. The van der Waals surface area contributed by atoms with Gasteiger partial charge in [-0.3, -0.25) is 0 Å². The Morgan fingerprint density at radius 1 is 1.29 bits per heavy atom. The molecule has 1 fully saturated rings. The Kier molecular flexibility index (Phi) is 6.52. The minimum Gasteiger partial charge on any atom is -0.494 e. The van der Waals surface area contributed by atoms with Crippen molar-refractivity contribution in [3.63, 3.8) is 0 Å². The topological polar surface area (TPSA) is 30.5 Å². The Morgan fingerprint density at radius 3 is 2.81 bits per heavy atom. The molecule has 1 aromatic rings. The summed E-state index contributed by atoms with van der Waals surface area (Å²) in [6.45, 7) is 5.74. The normalized spacial score (nSPS) is 23.8. The average Bonchev–Trinajstić information content (AvgIpc) is 2.50. The average molecular weight is 291 g/mol. The fraction of sp³-hybridized carbons (Fsp3) is 0.667. The van der Waals surface area contributed by atoms with Gasteiger partial charge in [0.2, 0.25) is 0 Å². The van der Waals surface area contributed by atoms with Gasteiger partial charge in [0, 0.05) is 5.56 Å². The first-order valence-electron chi connectivity index (χ1n) is 8.25. The second-order valence-corrected chi connectivity index (χ2v) is 6.04. The zero-order valence-corrected chi connectivity index (χ0v) is 13.6. The molecule has 0 radical (unpaired) electrons. The molecule has 1 N–H and O–H groups in total. The molecule has 0 spiro atoms. The van der Waals surface area contributed by atoms with Gasteiger partial charge in [0.1, 0.15) is 5.75 Å². The molecule has 0 amide bonds. The van der Waals surface area contributed by atoms with Crippen LogP contribution in [0.2, 0.25) is 0 Å². The summed E-state index contributed by atoms with van der Waals surface area (Å²) in [5.41, 5.74) is 1.19. The predicted octanol–water partition coefficient (Wildman–Crippen LogP) is 3.94. The molecule has 0 saturated heterocycles. The second kappa shape index (κ2) is 8.40. The van der Waals surface area contributed by atoms with E-state index in [2.05, 4.69) is 24.4 Å². The van der Waals surface area contributed by atoms with E-state index < -0.39 is 0 Å². The molecule has 3 heteroatoms. The van der Waals surface area contributed by atoms with Crippen molar-refractivity contribution < 1.29 is 9.47 Å². The Hall–Kier alpha value is -1.06. The van der Waals surface area contributed by atoms with Crippen LogP contribution >= 0.6 is 0 Å². The molecule has 3 atom stereocenters. The van der Waals surface area contributed by atoms with Gasteiger partial charge in [-0.2, -0.15) is 0 Å². The van der Waals surface area contributed by atoms with Gasteiger partial charge in [-0.05, 0) is 38.8 Å². The molecule has 3 unspecified atom stereocenters. The van der Waals surface area contributed by atoms with Crippen LogP contribution in [0.15, 0.2) is 24.3 Å². The first kappa shape index (κ1) is 16.3. The van der Waals surface area contributed by atoms with Crippen molar-refractivity contribution in [3.05, 3.63) is 29.8 Å². The highest BCUT2D eigenvalue weighted by Gasteiger charge is 2.21. The summed E-state index contributed by atoms with van der Waals surface area (Å²) >= 11 is 0. The van der Waals surface area contributed by atoms with Crippen LogP contribution in [0.4, 0.5) is 0 Å². The van der Waals surface area contributed by atoms with Gasteiger partial charge in [-0.1, -0.05) is 38.0 Å². The van der Waals surface area contributed by atoms with Gasteiger partial charge >= 0.3 is 0 Å². The molecule has 0 aliphatic heterocycles. The van der Waals surface area contributed by atoms with Crippen molar-refractivity contribution in [2.75, 3.05) is 20.3 Å². The molecule has 1 saturated carbocycles. The number of nitrogens with one attached hydrogen (secondary N) is 1. The van der Waals surface area contributed by atoms with Crippen LogP contribution < -0.4 is 10.1 Å². The van der Waals surface area contributed by atoms with Crippen molar-refractivity contribution >= 4 is 0 Å². The maximum absolute atomic E-state index is 6.18. The lowest BCUT2D eigenvalue weighted by Crippen LogP contribution is -2.28. The van der Waals surface area contributed by atoms with Crippen LogP contribution in [0.1, 0.15) is 51.1 Å². The largest absolute Gasteiger partial charge is 0.494 e. The fourth-order valence-electron chi connectivity index (χ4n) is 3.15. The van der Waals surface area contributed by atoms with E-state index in [1.54, 1.807) is 0 Å². The summed E-state index contributed by atoms with van der Waals surface area (Å²) in [5, 5.41) is 3.36. The Bertz CT molecular complexity index is 421. The molecular weight excluding hydrogens is 262 g/mol. The first-order chi connectivity index (χ1) is 10.2. The SMILES string of the molecule is CCOc1ccccc1C(COC1CCCC(C)C1)NC. The van der Waals surface area contributed by atoms with Crippen molar-refractivity contribution in [2.45, 2.75) is 51.7 Å². The number of rotatable bonds is 7. The molecule has 0 aromatic heterocycles. The third-order valence-corrected chi connectivity index (χ3v) is 4.33. The standard InChI is InChI=1S/C18H29NO2/c1-4-20-18-11-6-5-10-16(18)17(19-3)13-21-15-9-7-8-14(2)12-15/h5-6,10-11,14-15,17,19H,4,7-9,12-13H2,1-3H3. The molecule has 0 bridgehead atoms. The van der Waals surface area contributed by atoms with Crippen LogP contribution in [0.5, 0.6) is 5.75 Å². The molecule has 118 valence electrons. The van der Waals surface area contributed by atoms with Gasteiger partial charge < -0.3 is 14.8 Å². The number of hydrogen-bond acceptors (Lipinski definition) is 3. The predicted molar refractivity (Wildman–Crippen MR) is 86.8 cm³/mol. The number of hydrogen-bond donors (Lipinski definition) is 1. The van der Waals surface area contributed by atoms with Gasteiger partial charge in [-0.15, -0.1) is 0 Å². The lowest BCUT2D eigenvalue weighted by molar-refractivity contribution is 0.00457. The molecule has 1 aliphatic rings. The van der Waals surface area contributed by atoms with Gasteiger partial charge in [0.25, 0.3) is 0 Å². The van der Waals surface area contributed by atoms with E-state index in [9.17, 15) is 0 Å². The zero-order chi connectivity index (χ0) is 15.1. The smallest absolute Gasteiger partial charge is 0.124 e. The highest BCUT2D eigenvalue weighted by atomic mass is 16.5. The van der Waals surface area contributed by atoms with E-state index in [1.165, 1.54) is 31.2 Å². The van der Waals surface area contributed by atoms with E-state index in [4.69, 9.17) is 9.47 Å². The Morgan fingerprint density at radius 2 is 2.10 bits per heavy atom. The van der Waals surface area contributed by atoms with E-state index in [-0.39, 0.29) is 6.04 Å². The maximum Gasteiger partial charge on any atom is 0.124 e. The molecule has 1 aliphatic carbocycles. The zero-order valence-electron chi connectivity index (χ0n) is 13.6. The van der Waals surface area contributed by atoms with Crippen LogP contribution in [0.3, 0.4) is 0 Å². The maximum atomic E-state index is 6.18. The molecule has 1 aromatic carbocycles. The van der Waals surface area contributed by atoms with Crippen molar-refractivity contribution in [3.8, 4) is 5.75 Å². The lowest BCUT2D eigenvalue weighted by atomic mass is 9.88. The minimum atomic E-state index is 0.185. The number of para-hydroxylation sites is 1. The van der Waals surface area contributed by atoms with Crippen molar-refractivity contribution in [1.82, 2.24) is 5.32 Å². The van der Waals surface area contributed by atoms with Gasteiger partial charge in [-0.25, -0.2) is 0 Å². The van der Waals surface area contributed by atoms with Gasteiger partial charge in [0.05, 0.1) is 25.4 Å². The summed E-state index contributed by atoms with van der Waals surface area (Å²) in [4.78, 5) is 0. The molecule has 3 nitrogen and oxygen atoms in total. The lowest BCUT2D eigenvalue weighted by Gasteiger charge is -2.29. The summed E-state index contributed by atoms with van der Waals surface area (Å²) in [6.07, 6.45) is 5.47. The second-order valence-electron chi connectivity index (χ2n) is 6.04. The molecule has 2 rings (SSSR count). The summed E-state index contributed by atoms with van der Waals surface area (Å²) in [5.74, 6) is 1.76. The summed E-state index contributed by atoms with van der Waals surface area (Å²) < 4.78 is 11.9. The number of likely N-dealkylation sites (N-methyl/N-ethyl adjacent to an activating group) is 1. The van der Waals surface area contributed by atoms with Crippen molar-refractivity contribution in [1.29, 1.82) is 0 Å². The number of benzene rings is 1. The molecule has 21 heavy (non-hydrogen) atoms. The van der Waals surface area contributed by atoms with Crippen LogP contribution in [-0.2, 0) is 4.74 Å². The van der Waals surface area contributed by atoms with E-state index in [0.717, 1.165) is 11.7 Å². The fourth-order valence-corrected chi connectivity index (χ4v) is 3.15. The van der Waals surface area contributed by atoms with Gasteiger partial charge in [0.15, 0.2) is 0 Å². The highest BCUT2D eigenvalue weighted by Crippen LogP contribution is 2.29. The van der Waals surface area contributed by atoms with E-state index >= 15 is 0 Å². The van der Waals surface area contributed by atoms with E-state index in [0.29, 0.717) is 19.3 Å². The summed E-state index contributed by atoms with van der Waals surface area (Å²) in [6, 6.07) is 8.42. The van der Waals surface area contributed by atoms with Crippen LogP contribution in [-0.4, -0.2) is 26.4 Å². The molecular formula is C18H29NO2. The summed E-state index contributed by atoms with van der Waals surface area (Å²) in [7, 11) is 1.99. The molecule has 0 heterocycles. The van der Waals surface area contributed by atoms with E-state index in [1.807, 2.05) is 26.1 Å². The third-order valence-electron chi connectivity index (χ3n) is 4.33.